The Balaban J connectivity index is 3.64. The van der Waals surface area contributed by atoms with Crippen LogP contribution < -0.4 is 5.32 Å². The lowest BCUT2D eigenvalue weighted by Gasteiger charge is -2.22. The lowest BCUT2D eigenvalue weighted by molar-refractivity contribution is 0.0531. The van der Waals surface area contributed by atoms with Crippen LogP contribution in [0.3, 0.4) is 0 Å². The summed E-state index contributed by atoms with van der Waals surface area (Å²) in [6.45, 7) is 10.1. The van der Waals surface area contributed by atoms with E-state index >= 15 is 0 Å². The molecule has 0 fully saturated rings. The van der Waals surface area contributed by atoms with Crippen LogP contribution in [0.2, 0.25) is 0 Å². The van der Waals surface area contributed by atoms with E-state index in [-0.39, 0.29) is 11.4 Å². The third-order valence-corrected chi connectivity index (χ3v) is 2.96. The van der Waals surface area contributed by atoms with Gasteiger partial charge in [-0.3, -0.25) is 0 Å². The highest BCUT2D eigenvalue weighted by atomic mass is 32.2. The first kappa shape index (κ1) is 15.6. The number of hydrogen-bond acceptors (Lipinski definition) is 4. The molecule has 0 saturated heterocycles. The highest BCUT2D eigenvalue weighted by Gasteiger charge is 2.18. The smallest absolute Gasteiger partial charge is 0.407 e. The zero-order valence-corrected chi connectivity index (χ0v) is 11.6. The first-order chi connectivity index (χ1) is 7.16. The Morgan fingerprint density at radius 3 is 2.31 bits per heavy atom. The van der Waals surface area contributed by atoms with Crippen molar-refractivity contribution in [3.05, 3.63) is 0 Å². The van der Waals surface area contributed by atoms with Gasteiger partial charge < -0.3 is 15.2 Å². The van der Waals surface area contributed by atoms with E-state index in [9.17, 15) is 4.79 Å². The summed E-state index contributed by atoms with van der Waals surface area (Å²) in [6.07, 6.45) is -0.394. The van der Waals surface area contributed by atoms with Crippen LogP contribution in [0.15, 0.2) is 0 Å². The maximum absolute atomic E-state index is 11.3. The lowest BCUT2D eigenvalue weighted by atomic mass is 10.2. The zero-order chi connectivity index (χ0) is 12.8. The Bertz CT molecular complexity index is 224. The normalized spacial score (nSPS) is 12.4. The Kier molecular flexibility index (Phi) is 6.18. The summed E-state index contributed by atoms with van der Waals surface area (Å²) in [7, 11) is 0. The standard InChI is InChI=1S/C11H23NO3S/c1-10(2,3)15-9(14)12-6-7-16-11(4,5)8-13/h13H,6-8H2,1-5H3,(H,12,14). The molecule has 0 aliphatic rings. The topological polar surface area (TPSA) is 58.6 Å². The number of aliphatic hydroxyl groups excluding tert-OH is 1. The van der Waals surface area contributed by atoms with Gasteiger partial charge in [0.25, 0.3) is 0 Å². The fourth-order valence-electron chi connectivity index (χ4n) is 0.840. The van der Waals surface area contributed by atoms with Gasteiger partial charge in [0.1, 0.15) is 5.60 Å². The number of thioether (sulfide) groups is 1. The molecule has 96 valence electrons. The molecule has 1 amide bonds. The predicted molar refractivity (Wildman–Crippen MR) is 67.9 cm³/mol. The molecule has 0 rings (SSSR count). The third-order valence-electron chi connectivity index (χ3n) is 1.64. The summed E-state index contributed by atoms with van der Waals surface area (Å²) >= 11 is 1.62. The monoisotopic (exact) mass is 249 g/mol. The van der Waals surface area contributed by atoms with Gasteiger partial charge >= 0.3 is 6.09 Å². The highest BCUT2D eigenvalue weighted by Crippen LogP contribution is 2.22. The van der Waals surface area contributed by atoms with Crippen molar-refractivity contribution in [2.24, 2.45) is 0 Å². The SMILES string of the molecule is CC(C)(C)OC(=O)NCCSC(C)(C)CO. The van der Waals surface area contributed by atoms with Crippen molar-refractivity contribution in [3.63, 3.8) is 0 Å². The Morgan fingerprint density at radius 2 is 1.88 bits per heavy atom. The van der Waals surface area contributed by atoms with Crippen LogP contribution in [-0.2, 0) is 4.74 Å². The largest absolute Gasteiger partial charge is 0.444 e. The van der Waals surface area contributed by atoms with Crippen LogP contribution in [0.5, 0.6) is 0 Å². The minimum Gasteiger partial charge on any atom is -0.444 e. The second kappa shape index (κ2) is 6.35. The number of amides is 1. The Hall–Kier alpha value is -0.420. The molecule has 16 heavy (non-hydrogen) atoms. The maximum atomic E-state index is 11.3. The van der Waals surface area contributed by atoms with Crippen molar-refractivity contribution in [1.29, 1.82) is 0 Å². The maximum Gasteiger partial charge on any atom is 0.407 e. The number of hydrogen-bond donors (Lipinski definition) is 2. The van der Waals surface area contributed by atoms with E-state index in [0.29, 0.717) is 6.54 Å². The van der Waals surface area contributed by atoms with E-state index in [0.717, 1.165) is 5.75 Å². The van der Waals surface area contributed by atoms with Gasteiger partial charge in [0.2, 0.25) is 0 Å². The average molecular weight is 249 g/mol. The summed E-state index contributed by atoms with van der Waals surface area (Å²) in [6, 6.07) is 0. The molecule has 4 nitrogen and oxygen atoms in total. The molecule has 0 aromatic rings. The average Bonchev–Trinajstić information content (AvgIpc) is 2.10. The van der Waals surface area contributed by atoms with Gasteiger partial charge in [-0.15, -0.1) is 0 Å². The van der Waals surface area contributed by atoms with Gasteiger partial charge in [0, 0.05) is 17.0 Å². The summed E-state index contributed by atoms with van der Waals surface area (Å²) < 4.78 is 4.93. The van der Waals surface area contributed by atoms with Crippen LogP contribution in [0.1, 0.15) is 34.6 Å². The second-order valence-corrected chi connectivity index (χ2v) is 7.00. The van der Waals surface area contributed by atoms with Crippen LogP contribution >= 0.6 is 11.8 Å². The van der Waals surface area contributed by atoms with Gasteiger partial charge in [0.15, 0.2) is 0 Å². The van der Waals surface area contributed by atoms with E-state index < -0.39 is 11.7 Å². The molecule has 0 bridgehead atoms. The summed E-state index contributed by atoms with van der Waals surface area (Å²) in [5, 5.41) is 11.7. The molecule has 0 spiro atoms. The molecule has 0 aliphatic heterocycles. The lowest BCUT2D eigenvalue weighted by Crippen LogP contribution is -2.34. The number of rotatable bonds is 5. The number of alkyl carbamates (subject to hydrolysis) is 1. The first-order valence-electron chi connectivity index (χ1n) is 5.38. The summed E-state index contributed by atoms with van der Waals surface area (Å²) in [5.41, 5.74) is -0.457. The summed E-state index contributed by atoms with van der Waals surface area (Å²) in [5.74, 6) is 0.757. The Morgan fingerprint density at radius 1 is 1.31 bits per heavy atom. The van der Waals surface area contributed by atoms with E-state index in [1.54, 1.807) is 11.8 Å². The fourth-order valence-corrected chi connectivity index (χ4v) is 1.69. The van der Waals surface area contributed by atoms with E-state index in [2.05, 4.69) is 5.32 Å². The van der Waals surface area contributed by atoms with E-state index in [4.69, 9.17) is 9.84 Å². The number of ether oxygens (including phenoxy) is 1. The van der Waals surface area contributed by atoms with Crippen LogP contribution in [0.4, 0.5) is 4.79 Å². The number of carbonyl (C=O) groups is 1. The fraction of sp³-hybridized carbons (Fsp3) is 0.909. The van der Waals surface area contributed by atoms with Gasteiger partial charge in [-0.2, -0.15) is 11.8 Å². The van der Waals surface area contributed by atoms with Crippen molar-refractivity contribution in [1.82, 2.24) is 5.32 Å². The van der Waals surface area contributed by atoms with E-state index in [1.807, 2.05) is 34.6 Å². The molecular formula is C11H23NO3S. The molecule has 0 saturated carbocycles. The number of aliphatic hydroxyl groups is 1. The van der Waals surface area contributed by atoms with Crippen molar-refractivity contribution in [2.75, 3.05) is 18.9 Å². The number of carbonyl (C=O) groups excluding carboxylic acids is 1. The second-order valence-electron chi connectivity index (χ2n) is 5.19. The highest BCUT2D eigenvalue weighted by molar-refractivity contribution is 8.00. The molecule has 5 heteroatoms. The summed E-state index contributed by atoms with van der Waals surface area (Å²) in [4.78, 5) is 11.3. The van der Waals surface area contributed by atoms with Crippen molar-refractivity contribution >= 4 is 17.9 Å². The van der Waals surface area contributed by atoms with Gasteiger partial charge in [-0.05, 0) is 34.6 Å². The van der Waals surface area contributed by atoms with Crippen molar-refractivity contribution < 1.29 is 14.6 Å². The first-order valence-corrected chi connectivity index (χ1v) is 6.36. The van der Waals surface area contributed by atoms with Crippen LogP contribution in [0.25, 0.3) is 0 Å². The van der Waals surface area contributed by atoms with Crippen molar-refractivity contribution in [3.8, 4) is 0 Å². The number of nitrogens with one attached hydrogen (secondary N) is 1. The zero-order valence-electron chi connectivity index (χ0n) is 10.8. The quantitative estimate of drug-likeness (QED) is 0.732. The Labute approximate surface area is 102 Å². The predicted octanol–water partition coefficient (Wildman–Crippen LogP) is 2.02. The molecule has 0 heterocycles. The minimum atomic E-state index is -0.457. The van der Waals surface area contributed by atoms with Crippen LogP contribution in [-0.4, -0.2) is 40.5 Å². The molecular weight excluding hydrogens is 226 g/mol. The third kappa shape index (κ3) is 8.85. The molecule has 0 atom stereocenters. The minimum absolute atomic E-state index is 0.129. The van der Waals surface area contributed by atoms with Gasteiger partial charge in [0.05, 0.1) is 6.61 Å². The molecule has 0 radical (unpaired) electrons. The van der Waals surface area contributed by atoms with Gasteiger partial charge in [-0.25, -0.2) is 4.79 Å². The molecule has 0 aliphatic carbocycles. The van der Waals surface area contributed by atoms with Crippen LogP contribution in [0, 0.1) is 0 Å². The van der Waals surface area contributed by atoms with E-state index in [1.165, 1.54) is 0 Å². The van der Waals surface area contributed by atoms with Gasteiger partial charge in [-0.1, -0.05) is 0 Å². The molecule has 0 unspecified atom stereocenters. The van der Waals surface area contributed by atoms with Crippen molar-refractivity contribution in [2.45, 2.75) is 45.0 Å². The molecule has 0 aromatic heterocycles. The molecule has 0 aromatic carbocycles. The molecule has 2 N–H and O–H groups in total.